The number of amides is 1. The Bertz CT molecular complexity index is 595. The summed E-state index contributed by atoms with van der Waals surface area (Å²) in [6.07, 6.45) is 3.37. The number of fused-ring (bicyclic) bond motifs is 1. The number of thiophene rings is 1. The molecule has 1 aliphatic rings. The number of alkyl halides is 1. The fourth-order valence-electron chi connectivity index (χ4n) is 2.69. The van der Waals surface area contributed by atoms with Crippen molar-refractivity contribution >= 4 is 38.9 Å². The Morgan fingerprint density at radius 2 is 2.21 bits per heavy atom. The monoisotopic (exact) mass is 293 g/mol. The first kappa shape index (κ1) is 12.9. The van der Waals surface area contributed by atoms with Crippen LogP contribution in [0.5, 0.6) is 0 Å². The average Bonchev–Trinajstić information content (AvgIpc) is 3.02. The van der Waals surface area contributed by atoms with E-state index in [0.717, 1.165) is 28.5 Å². The van der Waals surface area contributed by atoms with Gasteiger partial charge in [0.1, 0.15) is 0 Å². The third-order valence-electron chi connectivity index (χ3n) is 3.82. The molecule has 4 heteroatoms. The zero-order valence-electron chi connectivity index (χ0n) is 10.6. The van der Waals surface area contributed by atoms with Crippen molar-refractivity contribution in [3.05, 3.63) is 35.2 Å². The van der Waals surface area contributed by atoms with Gasteiger partial charge in [-0.15, -0.1) is 22.9 Å². The van der Waals surface area contributed by atoms with Gasteiger partial charge in [-0.2, -0.15) is 0 Å². The van der Waals surface area contributed by atoms with Gasteiger partial charge in [-0.3, -0.25) is 4.79 Å². The first-order valence-corrected chi connectivity index (χ1v) is 7.96. The predicted molar refractivity (Wildman–Crippen MR) is 81.1 cm³/mol. The van der Waals surface area contributed by atoms with Crippen LogP contribution in [0.1, 0.15) is 29.6 Å². The van der Waals surface area contributed by atoms with Gasteiger partial charge >= 0.3 is 0 Å². The van der Waals surface area contributed by atoms with Gasteiger partial charge in [-0.05, 0) is 24.8 Å². The summed E-state index contributed by atoms with van der Waals surface area (Å²) >= 11 is 7.85. The molecule has 100 valence electrons. The molecule has 19 heavy (non-hydrogen) atoms. The maximum atomic E-state index is 12.2. The lowest BCUT2D eigenvalue weighted by molar-refractivity contribution is 0.0949. The molecule has 3 rings (SSSR count). The van der Waals surface area contributed by atoms with E-state index in [9.17, 15) is 4.79 Å². The van der Waals surface area contributed by atoms with Gasteiger partial charge in [0.15, 0.2) is 0 Å². The Labute approximate surface area is 121 Å². The Hall–Kier alpha value is -1.06. The van der Waals surface area contributed by atoms with E-state index < -0.39 is 0 Å². The van der Waals surface area contributed by atoms with Crippen LogP contribution in [0.4, 0.5) is 0 Å². The van der Waals surface area contributed by atoms with Crippen molar-refractivity contribution in [3.63, 3.8) is 0 Å². The quantitative estimate of drug-likeness (QED) is 0.850. The van der Waals surface area contributed by atoms with E-state index in [1.807, 2.05) is 29.6 Å². The fraction of sp³-hybridized carbons (Fsp3) is 0.400. The molecule has 1 fully saturated rings. The van der Waals surface area contributed by atoms with Crippen molar-refractivity contribution in [3.8, 4) is 0 Å². The Morgan fingerprint density at radius 3 is 3.00 bits per heavy atom. The highest BCUT2D eigenvalue weighted by Crippen LogP contribution is 2.30. The zero-order valence-corrected chi connectivity index (χ0v) is 12.1. The van der Waals surface area contributed by atoms with Crippen molar-refractivity contribution in [1.82, 2.24) is 5.32 Å². The van der Waals surface area contributed by atoms with Gasteiger partial charge in [0.2, 0.25) is 0 Å². The number of hydrogen-bond acceptors (Lipinski definition) is 2. The second-order valence-electron chi connectivity index (χ2n) is 5.06. The first-order valence-electron chi connectivity index (χ1n) is 6.64. The maximum absolute atomic E-state index is 12.2. The molecule has 1 aromatic carbocycles. The molecule has 1 aromatic heterocycles. The largest absolute Gasteiger partial charge is 0.352 e. The minimum atomic E-state index is 0.0215. The van der Waals surface area contributed by atoms with Crippen molar-refractivity contribution in [2.24, 2.45) is 5.92 Å². The van der Waals surface area contributed by atoms with E-state index in [1.54, 1.807) is 11.3 Å². The molecule has 0 saturated heterocycles. The van der Waals surface area contributed by atoms with Crippen LogP contribution in [0.25, 0.3) is 10.1 Å². The van der Waals surface area contributed by atoms with Crippen LogP contribution in [0.3, 0.4) is 0 Å². The van der Waals surface area contributed by atoms with Gasteiger partial charge in [-0.25, -0.2) is 0 Å². The Balaban J connectivity index is 1.70. The lowest BCUT2D eigenvalue weighted by atomic mass is 10.1. The minimum absolute atomic E-state index is 0.0215. The summed E-state index contributed by atoms with van der Waals surface area (Å²) in [5.41, 5.74) is 0.782. The van der Waals surface area contributed by atoms with Gasteiger partial charge in [-0.1, -0.05) is 24.6 Å². The summed E-state index contributed by atoms with van der Waals surface area (Å²) < 4.78 is 1.16. The van der Waals surface area contributed by atoms with Gasteiger partial charge < -0.3 is 5.32 Å². The minimum Gasteiger partial charge on any atom is -0.352 e. The van der Waals surface area contributed by atoms with Crippen LogP contribution in [-0.4, -0.2) is 17.8 Å². The molecule has 0 spiro atoms. The lowest BCUT2D eigenvalue weighted by Gasteiger charge is -2.14. The molecular weight excluding hydrogens is 278 g/mol. The summed E-state index contributed by atoms with van der Waals surface area (Å²) in [6, 6.07) is 8.01. The summed E-state index contributed by atoms with van der Waals surface area (Å²) in [5, 5.41) is 6.23. The smallest absolute Gasteiger partial charge is 0.252 e. The number of hydrogen-bond donors (Lipinski definition) is 1. The molecule has 2 nitrogen and oxygen atoms in total. The summed E-state index contributed by atoms with van der Waals surface area (Å²) in [7, 11) is 0. The first-order chi connectivity index (χ1) is 9.25. The molecule has 0 aliphatic heterocycles. The van der Waals surface area contributed by atoms with E-state index in [4.69, 9.17) is 11.6 Å². The van der Waals surface area contributed by atoms with E-state index >= 15 is 0 Å². The third-order valence-corrected chi connectivity index (χ3v) is 5.35. The van der Waals surface area contributed by atoms with Crippen LogP contribution in [0, 0.1) is 5.92 Å². The van der Waals surface area contributed by atoms with E-state index in [2.05, 4.69) is 5.32 Å². The topological polar surface area (TPSA) is 29.1 Å². The van der Waals surface area contributed by atoms with Crippen LogP contribution in [-0.2, 0) is 0 Å². The Morgan fingerprint density at radius 1 is 1.37 bits per heavy atom. The predicted octanol–water partition coefficient (Wildman–Crippen LogP) is 4.04. The van der Waals surface area contributed by atoms with Crippen LogP contribution < -0.4 is 5.32 Å². The molecule has 2 unspecified atom stereocenters. The third kappa shape index (κ3) is 2.63. The number of rotatable bonds is 3. The molecular formula is C15H16ClNOS. The number of carbonyl (C=O) groups excluding carboxylic acids is 1. The van der Waals surface area contributed by atoms with Gasteiger partial charge in [0, 0.05) is 27.4 Å². The molecule has 1 N–H and O–H groups in total. The maximum Gasteiger partial charge on any atom is 0.252 e. The second-order valence-corrected chi connectivity index (χ2v) is 6.53. The highest BCUT2D eigenvalue weighted by Gasteiger charge is 2.25. The van der Waals surface area contributed by atoms with E-state index in [1.165, 1.54) is 6.42 Å². The molecule has 1 saturated carbocycles. The molecule has 0 radical (unpaired) electrons. The average molecular weight is 294 g/mol. The van der Waals surface area contributed by atoms with Gasteiger partial charge in [0.05, 0.1) is 5.56 Å². The number of nitrogens with one attached hydrogen (secondary N) is 1. The van der Waals surface area contributed by atoms with E-state index in [-0.39, 0.29) is 11.3 Å². The molecule has 1 aliphatic carbocycles. The van der Waals surface area contributed by atoms with Crippen LogP contribution in [0.15, 0.2) is 29.6 Å². The highest BCUT2D eigenvalue weighted by molar-refractivity contribution is 7.17. The SMILES string of the molecule is O=C(NCC1CCCC1Cl)c1csc2ccccc12. The van der Waals surface area contributed by atoms with E-state index in [0.29, 0.717) is 12.5 Å². The standard InChI is InChI=1S/C15H16ClNOS/c16-13-6-3-4-10(13)8-17-15(18)12-9-19-14-7-2-1-5-11(12)14/h1-2,5,7,9-10,13H,3-4,6,8H2,(H,17,18). The fourth-order valence-corrected chi connectivity index (χ4v) is 4.00. The summed E-state index contributed by atoms with van der Waals surface area (Å²) in [5.74, 6) is 0.448. The Kier molecular flexibility index (Phi) is 3.76. The van der Waals surface area contributed by atoms with Crippen LogP contribution >= 0.6 is 22.9 Å². The molecule has 2 aromatic rings. The van der Waals surface area contributed by atoms with Crippen molar-refractivity contribution in [2.45, 2.75) is 24.6 Å². The zero-order chi connectivity index (χ0) is 13.2. The normalized spacial score (nSPS) is 22.8. The second kappa shape index (κ2) is 5.51. The van der Waals surface area contributed by atoms with Crippen molar-refractivity contribution < 1.29 is 4.79 Å². The number of carbonyl (C=O) groups is 1. The van der Waals surface area contributed by atoms with Crippen molar-refractivity contribution in [1.29, 1.82) is 0 Å². The van der Waals surface area contributed by atoms with Crippen LogP contribution in [0.2, 0.25) is 0 Å². The molecule has 0 bridgehead atoms. The summed E-state index contributed by atoms with van der Waals surface area (Å²) in [6.45, 7) is 0.692. The molecule has 1 amide bonds. The number of benzene rings is 1. The lowest BCUT2D eigenvalue weighted by Crippen LogP contribution is -2.30. The molecule has 1 heterocycles. The molecule has 2 atom stereocenters. The van der Waals surface area contributed by atoms with Gasteiger partial charge in [0.25, 0.3) is 5.91 Å². The number of halogens is 1. The van der Waals surface area contributed by atoms with Crippen molar-refractivity contribution in [2.75, 3.05) is 6.54 Å². The highest BCUT2D eigenvalue weighted by atomic mass is 35.5. The summed E-state index contributed by atoms with van der Waals surface area (Å²) in [4.78, 5) is 12.2.